The molecule has 0 radical (unpaired) electrons. The van der Waals surface area contributed by atoms with Gasteiger partial charge in [-0.25, -0.2) is 9.59 Å². The Morgan fingerprint density at radius 3 is 2.70 bits per heavy atom. The molecule has 0 aromatic heterocycles. The Hall–Kier alpha value is -0.950. The number of carbonyl (C=O) groups is 2. The van der Waals surface area contributed by atoms with E-state index >= 15 is 0 Å². The van der Waals surface area contributed by atoms with Crippen LogP contribution in [0.1, 0.15) is 19.3 Å². The zero-order valence-corrected chi connectivity index (χ0v) is 12.9. The van der Waals surface area contributed by atoms with Gasteiger partial charge in [-0.1, -0.05) is 0 Å². The number of thioether (sulfide) groups is 1. The number of nitrogens with zero attached hydrogens (tertiary/aromatic N) is 2. The third-order valence-electron chi connectivity index (χ3n) is 3.81. The SMILES string of the molecule is CNCCCN(C)C(=O)N1C(C(=O)O)CSC1C1CC1. The summed E-state index contributed by atoms with van der Waals surface area (Å²) in [6.45, 7) is 1.49. The number of carbonyl (C=O) groups excluding carboxylic acids is 1. The highest BCUT2D eigenvalue weighted by molar-refractivity contribution is 8.00. The van der Waals surface area contributed by atoms with Crippen molar-refractivity contribution in [1.29, 1.82) is 0 Å². The molecule has 0 aromatic carbocycles. The molecule has 2 unspecified atom stereocenters. The largest absolute Gasteiger partial charge is 0.480 e. The van der Waals surface area contributed by atoms with Crippen LogP contribution < -0.4 is 5.32 Å². The fraction of sp³-hybridized carbons (Fsp3) is 0.846. The van der Waals surface area contributed by atoms with E-state index in [0.29, 0.717) is 18.2 Å². The summed E-state index contributed by atoms with van der Waals surface area (Å²) in [5, 5.41) is 12.4. The minimum absolute atomic E-state index is 0.0513. The summed E-state index contributed by atoms with van der Waals surface area (Å²) in [6.07, 6.45) is 3.08. The smallest absolute Gasteiger partial charge is 0.327 e. The average Bonchev–Trinajstić information content (AvgIpc) is 3.16. The Morgan fingerprint density at radius 1 is 1.45 bits per heavy atom. The fourth-order valence-corrected chi connectivity index (χ4v) is 4.12. The van der Waals surface area contributed by atoms with E-state index in [9.17, 15) is 14.7 Å². The number of carboxylic acids is 1. The van der Waals surface area contributed by atoms with Crippen molar-refractivity contribution in [3.05, 3.63) is 0 Å². The van der Waals surface area contributed by atoms with Crippen molar-refractivity contribution in [3.8, 4) is 0 Å². The first-order valence-electron chi connectivity index (χ1n) is 7.08. The van der Waals surface area contributed by atoms with E-state index in [4.69, 9.17) is 0 Å². The molecule has 2 amide bonds. The zero-order chi connectivity index (χ0) is 14.7. The molecule has 2 rings (SSSR count). The van der Waals surface area contributed by atoms with Gasteiger partial charge >= 0.3 is 12.0 Å². The number of amides is 2. The zero-order valence-electron chi connectivity index (χ0n) is 12.0. The molecule has 20 heavy (non-hydrogen) atoms. The molecular weight excluding hydrogens is 278 g/mol. The predicted molar refractivity (Wildman–Crippen MR) is 78.8 cm³/mol. The lowest BCUT2D eigenvalue weighted by atomic mass is 10.2. The lowest BCUT2D eigenvalue weighted by Gasteiger charge is -2.31. The van der Waals surface area contributed by atoms with Gasteiger partial charge < -0.3 is 15.3 Å². The first kappa shape index (κ1) is 15.4. The van der Waals surface area contributed by atoms with Gasteiger partial charge in [0.15, 0.2) is 0 Å². The van der Waals surface area contributed by atoms with E-state index in [1.807, 2.05) is 7.05 Å². The maximum atomic E-state index is 12.6. The molecule has 2 atom stereocenters. The van der Waals surface area contributed by atoms with E-state index < -0.39 is 12.0 Å². The molecule has 2 N–H and O–H groups in total. The Kier molecular flexibility index (Phi) is 5.15. The van der Waals surface area contributed by atoms with Crippen LogP contribution >= 0.6 is 11.8 Å². The van der Waals surface area contributed by atoms with Crippen LogP contribution in [0.25, 0.3) is 0 Å². The maximum absolute atomic E-state index is 12.6. The third kappa shape index (κ3) is 3.38. The minimum atomic E-state index is -0.891. The van der Waals surface area contributed by atoms with Crippen LogP contribution in [0.15, 0.2) is 0 Å². The van der Waals surface area contributed by atoms with Gasteiger partial charge in [0.05, 0.1) is 5.37 Å². The molecule has 7 heteroatoms. The Morgan fingerprint density at radius 2 is 2.15 bits per heavy atom. The second-order valence-electron chi connectivity index (χ2n) is 5.48. The van der Waals surface area contributed by atoms with Gasteiger partial charge in [0.2, 0.25) is 0 Å². The molecule has 1 heterocycles. The maximum Gasteiger partial charge on any atom is 0.327 e. The number of hydrogen-bond acceptors (Lipinski definition) is 4. The first-order valence-corrected chi connectivity index (χ1v) is 8.13. The van der Waals surface area contributed by atoms with Crippen LogP contribution in [-0.4, -0.2) is 71.3 Å². The second kappa shape index (κ2) is 6.67. The molecule has 114 valence electrons. The van der Waals surface area contributed by atoms with Crippen LogP contribution in [0.2, 0.25) is 0 Å². The molecule has 1 aliphatic heterocycles. The normalized spacial score (nSPS) is 25.8. The first-order chi connectivity index (χ1) is 9.56. The Bertz CT molecular complexity index is 376. The van der Waals surface area contributed by atoms with E-state index in [-0.39, 0.29) is 11.4 Å². The topological polar surface area (TPSA) is 72.9 Å². The van der Waals surface area contributed by atoms with E-state index in [1.165, 1.54) is 0 Å². The van der Waals surface area contributed by atoms with E-state index in [1.54, 1.807) is 28.6 Å². The summed E-state index contributed by atoms with van der Waals surface area (Å²) in [5.74, 6) is 0.101. The molecule has 2 aliphatic rings. The number of nitrogens with one attached hydrogen (secondary N) is 1. The van der Waals surface area contributed by atoms with E-state index in [2.05, 4.69) is 5.32 Å². The van der Waals surface area contributed by atoms with Gasteiger partial charge in [-0.3, -0.25) is 4.90 Å². The summed E-state index contributed by atoms with van der Waals surface area (Å²) in [6, 6.07) is -0.819. The van der Waals surface area contributed by atoms with Crippen molar-refractivity contribution in [2.24, 2.45) is 5.92 Å². The summed E-state index contributed by atoms with van der Waals surface area (Å²) in [4.78, 5) is 27.2. The van der Waals surface area contributed by atoms with Gasteiger partial charge in [0.1, 0.15) is 6.04 Å². The molecule has 0 spiro atoms. The Balaban J connectivity index is 2.00. The molecule has 0 bridgehead atoms. The van der Waals surface area contributed by atoms with Crippen molar-refractivity contribution < 1.29 is 14.7 Å². The van der Waals surface area contributed by atoms with Crippen LogP contribution in [0.3, 0.4) is 0 Å². The number of aliphatic carboxylic acids is 1. The number of carboxylic acid groups (broad SMARTS) is 1. The molecular formula is C13H23N3O3S. The molecule has 1 saturated carbocycles. The molecule has 1 saturated heterocycles. The summed E-state index contributed by atoms with van der Waals surface area (Å²) < 4.78 is 0. The highest BCUT2D eigenvalue weighted by Crippen LogP contribution is 2.45. The standard InChI is InChI=1S/C13H23N3O3S/c1-14-6-3-7-15(2)13(19)16-10(12(17)18)8-20-11(16)9-4-5-9/h9-11,14H,3-8H2,1-2H3,(H,17,18). The summed E-state index contributed by atoms with van der Waals surface area (Å²) in [5.41, 5.74) is 0. The van der Waals surface area contributed by atoms with Gasteiger partial charge in [-0.15, -0.1) is 11.8 Å². The second-order valence-corrected chi connectivity index (χ2v) is 6.63. The quantitative estimate of drug-likeness (QED) is 0.713. The van der Waals surface area contributed by atoms with Crippen molar-refractivity contribution in [1.82, 2.24) is 15.1 Å². The molecule has 6 nitrogen and oxygen atoms in total. The molecule has 0 aromatic rings. The molecule has 1 aliphatic carbocycles. The lowest BCUT2D eigenvalue weighted by molar-refractivity contribution is -0.141. The number of rotatable bonds is 6. The van der Waals surface area contributed by atoms with Crippen molar-refractivity contribution >= 4 is 23.8 Å². The summed E-state index contributed by atoms with van der Waals surface area (Å²) in [7, 11) is 3.63. The van der Waals surface area contributed by atoms with Crippen molar-refractivity contribution in [2.45, 2.75) is 30.7 Å². The highest BCUT2D eigenvalue weighted by atomic mass is 32.2. The van der Waals surface area contributed by atoms with E-state index in [0.717, 1.165) is 25.8 Å². The van der Waals surface area contributed by atoms with Gasteiger partial charge in [-0.2, -0.15) is 0 Å². The predicted octanol–water partition coefficient (Wildman–Crippen LogP) is 0.886. The lowest BCUT2D eigenvalue weighted by Crippen LogP contribution is -2.51. The van der Waals surface area contributed by atoms with Crippen molar-refractivity contribution in [3.63, 3.8) is 0 Å². The van der Waals surface area contributed by atoms with Crippen LogP contribution in [0.4, 0.5) is 4.79 Å². The van der Waals surface area contributed by atoms with Crippen molar-refractivity contribution in [2.75, 3.05) is 32.9 Å². The van der Waals surface area contributed by atoms with Gasteiger partial charge in [0.25, 0.3) is 0 Å². The number of hydrogen-bond donors (Lipinski definition) is 2. The monoisotopic (exact) mass is 301 g/mol. The fourth-order valence-electron chi connectivity index (χ4n) is 2.49. The Labute approximate surface area is 123 Å². The van der Waals surface area contributed by atoms with Gasteiger partial charge in [-0.05, 0) is 38.8 Å². The average molecular weight is 301 g/mol. The van der Waals surface area contributed by atoms with Gasteiger partial charge in [0, 0.05) is 19.3 Å². The molecule has 2 fully saturated rings. The van der Waals surface area contributed by atoms with Crippen LogP contribution in [-0.2, 0) is 4.79 Å². The third-order valence-corrected chi connectivity index (χ3v) is 5.27. The highest BCUT2D eigenvalue weighted by Gasteiger charge is 2.48. The van der Waals surface area contributed by atoms with Crippen LogP contribution in [0, 0.1) is 5.92 Å². The van der Waals surface area contributed by atoms with Crippen LogP contribution in [0.5, 0.6) is 0 Å². The summed E-state index contributed by atoms with van der Waals surface area (Å²) >= 11 is 1.62. The number of urea groups is 1. The minimum Gasteiger partial charge on any atom is -0.480 e.